The first-order valence-corrected chi connectivity index (χ1v) is 9.81. The molecule has 140 valence electrons. The van der Waals surface area contributed by atoms with Crippen LogP contribution in [0, 0.1) is 20.8 Å². The minimum absolute atomic E-state index is 0.0461. The Kier molecular flexibility index (Phi) is 6.52. The van der Waals surface area contributed by atoms with Crippen LogP contribution in [0.25, 0.3) is 0 Å². The van der Waals surface area contributed by atoms with Crippen molar-refractivity contribution in [1.82, 2.24) is 10.3 Å². The maximum Gasteiger partial charge on any atom is 0.272 e. The molecule has 0 atom stereocenters. The summed E-state index contributed by atoms with van der Waals surface area (Å²) in [6.45, 7) is 4.66. The second-order valence-corrected chi connectivity index (χ2v) is 8.06. The Bertz CT molecular complexity index is 920. The topological polar surface area (TPSA) is 84.5 Å². The number of ether oxygens (including phenoxy) is 1. The van der Waals surface area contributed by atoms with Gasteiger partial charge in [0.05, 0.1) is 5.02 Å². The van der Waals surface area contributed by atoms with E-state index in [9.17, 15) is 13.2 Å². The number of sulfonamides is 1. The van der Waals surface area contributed by atoms with Gasteiger partial charge in [-0.25, -0.2) is 8.42 Å². The van der Waals surface area contributed by atoms with Gasteiger partial charge in [0, 0.05) is 5.02 Å². The number of hydrazine groups is 1. The summed E-state index contributed by atoms with van der Waals surface area (Å²) in [4.78, 5) is 13.7. The Morgan fingerprint density at radius 1 is 1.12 bits per heavy atom. The average Bonchev–Trinajstić information content (AvgIpc) is 2.57. The molecule has 0 bridgehead atoms. The van der Waals surface area contributed by atoms with E-state index in [1.165, 1.54) is 6.92 Å². The molecule has 0 heterocycles. The van der Waals surface area contributed by atoms with Gasteiger partial charge in [-0.15, -0.1) is 4.83 Å². The first kappa shape index (κ1) is 20.5. The zero-order chi connectivity index (χ0) is 19.5. The lowest BCUT2D eigenvalue weighted by atomic mass is 10.2. The molecule has 1 amide bonds. The first-order chi connectivity index (χ1) is 12.1. The second-order valence-electron chi connectivity index (χ2n) is 5.65. The molecule has 0 unspecified atom stereocenters. The second kappa shape index (κ2) is 8.26. The molecule has 0 saturated carbocycles. The van der Waals surface area contributed by atoms with Crippen LogP contribution in [0.3, 0.4) is 0 Å². The normalized spacial score (nSPS) is 11.3. The number of benzene rings is 2. The summed E-state index contributed by atoms with van der Waals surface area (Å²) >= 11 is 12.1. The van der Waals surface area contributed by atoms with Crippen molar-refractivity contribution in [2.45, 2.75) is 25.7 Å². The Labute approximate surface area is 162 Å². The highest BCUT2D eigenvalue weighted by atomic mass is 35.5. The van der Waals surface area contributed by atoms with Crippen molar-refractivity contribution in [2.24, 2.45) is 0 Å². The molecule has 6 nitrogen and oxygen atoms in total. The van der Waals surface area contributed by atoms with Crippen molar-refractivity contribution in [1.29, 1.82) is 0 Å². The summed E-state index contributed by atoms with van der Waals surface area (Å²) in [6.07, 6.45) is 0. The number of hydrogen-bond donors (Lipinski definition) is 2. The van der Waals surface area contributed by atoms with Gasteiger partial charge >= 0.3 is 0 Å². The standard InChI is InChI=1S/C17H18Cl2N2O4S/c1-10-6-4-5-7-14(10)25-9-15(22)20-21-26(23,24)17-12(3)13(18)8-11(2)16(17)19/h4-8,21H,9H2,1-3H3,(H,20,22). The smallest absolute Gasteiger partial charge is 0.272 e. The average molecular weight is 417 g/mol. The minimum atomic E-state index is -4.11. The zero-order valence-corrected chi connectivity index (χ0v) is 16.7. The molecular weight excluding hydrogens is 399 g/mol. The van der Waals surface area contributed by atoms with Crippen LogP contribution in [0.4, 0.5) is 0 Å². The fraction of sp³-hybridized carbons (Fsp3) is 0.235. The quantitative estimate of drug-likeness (QED) is 0.707. The van der Waals surface area contributed by atoms with Crippen LogP contribution >= 0.6 is 23.2 Å². The summed E-state index contributed by atoms with van der Waals surface area (Å²) in [6, 6.07) is 8.74. The summed E-state index contributed by atoms with van der Waals surface area (Å²) in [5.74, 6) is -0.126. The van der Waals surface area contributed by atoms with E-state index in [2.05, 4.69) is 5.43 Å². The number of halogens is 2. The fourth-order valence-electron chi connectivity index (χ4n) is 2.21. The Balaban J connectivity index is 2.07. The van der Waals surface area contributed by atoms with Crippen LogP contribution < -0.4 is 15.0 Å². The van der Waals surface area contributed by atoms with Crippen LogP contribution in [0.1, 0.15) is 16.7 Å². The number of hydrogen-bond acceptors (Lipinski definition) is 4. The number of carbonyl (C=O) groups excluding carboxylic acids is 1. The van der Waals surface area contributed by atoms with Crippen molar-refractivity contribution in [3.63, 3.8) is 0 Å². The largest absolute Gasteiger partial charge is 0.483 e. The molecule has 0 aliphatic heterocycles. The van der Waals surface area contributed by atoms with E-state index >= 15 is 0 Å². The van der Waals surface area contributed by atoms with E-state index in [1.807, 2.05) is 23.9 Å². The van der Waals surface area contributed by atoms with Crippen LogP contribution in [-0.2, 0) is 14.8 Å². The van der Waals surface area contributed by atoms with E-state index in [4.69, 9.17) is 27.9 Å². The van der Waals surface area contributed by atoms with E-state index in [1.54, 1.807) is 25.1 Å². The van der Waals surface area contributed by atoms with Gasteiger partial charge in [0.15, 0.2) is 6.61 Å². The molecule has 26 heavy (non-hydrogen) atoms. The van der Waals surface area contributed by atoms with Gasteiger partial charge in [0.25, 0.3) is 15.9 Å². The van der Waals surface area contributed by atoms with Gasteiger partial charge in [0.1, 0.15) is 10.6 Å². The number of amides is 1. The minimum Gasteiger partial charge on any atom is -0.483 e. The van der Waals surface area contributed by atoms with E-state index < -0.39 is 15.9 Å². The highest BCUT2D eigenvalue weighted by Crippen LogP contribution is 2.33. The predicted octanol–water partition coefficient (Wildman–Crippen LogP) is 3.31. The number of carbonyl (C=O) groups is 1. The number of rotatable bonds is 6. The molecule has 2 aromatic rings. The lowest BCUT2D eigenvalue weighted by Gasteiger charge is -2.15. The van der Waals surface area contributed by atoms with E-state index in [-0.39, 0.29) is 21.5 Å². The molecule has 0 saturated heterocycles. The Hall–Kier alpha value is -1.80. The van der Waals surface area contributed by atoms with Crippen LogP contribution in [-0.4, -0.2) is 20.9 Å². The molecule has 0 aliphatic carbocycles. The number of aryl methyl sites for hydroxylation is 2. The van der Waals surface area contributed by atoms with Crippen molar-refractivity contribution in [2.75, 3.05) is 6.61 Å². The summed E-state index contributed by atoms with van der Waals surface area (Å²) in [5, 5.41) is 0.311. The zero-order valence-electron chi connectivity index (χ0n) is 14.4. The van der Waals surface area contributed by atoms with Gasteiger partial charge in [-0.2, -0.15) is 0 Å². The third-order valence-corrected chi connectivity index (χ3v) is 6.04. The van der Waals surface area contributed by atoms with E-state index in [0.717, 1.165) is 5.56 Å². The molecule has 0 aliphatic rings. The van der Waals surface area contributed by atoms with Gasteiger partial charge in [-0.3, -0.25) is 10.2 Å². The molecule has 2 N–H and O–H groups in total. The van der Waals surface area contributed by atoms with Crippen molar-refractivity contribution < 1.29 is 17.9 Å². The third kappa shape index (κ3) is 4.67. The SMILES string of the molecule is Cc1ccccc1OCC(=O)NNS(=O)(=O)c1c(C)c(Cl)cc(C)c1Cl. The van der Waals surface area contributed by atoms with Gasteiger partial charge in [0.2, 0.25) is 0 Å². The lowest BCUT2D eigenvalue weighted by Crippen LogP contribution is -2.44. The van der Waals surface area contributed by atoms with Crippen LogP contribution in [0.5, 0.6) is 5.75 Å². The summed E-state index contributed by atoms with van der Waals surface area (Å²) < 4.78 is 30.4. The molecule has 0 fully saturated rings. The molecule has 2 aromatic carbocycles. The Morgan fingerprint density at radius 2 is 1.77 bits per heavy atom. The highest BCUT2D eigenvalue weighted by molar-refractivity contribution is 7.89. The van der Waals surface area contributed by atoms with Crippen LogP contribution in [0.15, 0.2) is 35.2 Å². The molecular formula is C17H18Cl2N2O4S. The van der Waals surface area contributed by atoms with Crippen LogP contribution in [0.2, 0.25) is 10.0 Å². The van der Waals surface area contributed by atoms with Crippen molar-refractivity contribution in [3.05, 3.63) is 57.1 Å². The molecule has 0 spiro atoms. The van der Waals surface area contributed by atoms with Crippen molar-refractivity contribution in [3.8, 4) is 5.75 Å². The summed E-state index contributed by atoms with van der Waals surface area (Å²) in [5.41, 5.74) is 3.76. The van der Waals surface area contributed by atoms with Gasteiger partial charge < -0.3 is 4.74 Å². The predicted molar refractivity (Wildman–Crippen MR) is 101 cm³/mol. The van der Waals surface area contributed by atoms with Crippen molar-refractivity contribution >= 4 is 39.1 Å². The van der Waals surface area contributed by atoms with Gasteiger partial charge in [-0.05, 0) is 49.6 Å². The maximum atomic E-state index is 12.5. The maximum absolute atomic E-state index is 12.5. The molecule has 9 heteroatoms. The number of nitrogens with one attached hydrogen (secondary N) is 2. The fourth-order valence-corrected chi connectivity index (χ4v) is 4.28. The lowest BCUT2D eigenvalue weighted by molar-refractivity contribution is -0.123. The Morgan fingerprint density at radius 3 is 2.42 bits per heavy atom. The first-order valence-electron chi connectivity index (χ1n) is 7.57. The van der Waals surface area contributed by atoms with E-state index in [0.29, 0.717) is 16.9 Å². The highest BCUT2D eigenvalue weighted by Gasteiger charge is 2.24. The molecule has 0 radical (unpaired) electrons. The summed E-state index contributed by atoms with van der Waals surface area (Å²) in [7, 11) is -4.11. The molecule has 0 aromatic heterocycles. The van der Waals surface area contributed by atoms with Gasteiger partial charge in [-0.1, -0.05) is 41.4 Å². The number of para-hydroxylation sites is 1. The third-order valence-electron chi connectivity index (χ3n) is 3.63. The monoisotopic (exact) mass is 416 g/mol. The molecule has 2 rings (SSSR count).